The average molecular weight is 389 g/mol. The van der Waals surface area contributed by atoms with Crippen LogP contribution in [-0.2, 0) is 5.41 Å². The Labute approximate surface area is 167 Å². The molecule has 3 aromatic rings. The number of benzene rings is 2. The molecule has 1 saturated carbocycles. The third kappa shape index (κ3) is 3.59. The van der Waals surface area contributed by atoms with Crippen molar-refractivity contribution in [2.24, 2.45) is 10.7 Å². The van der Waals surface area contributed by atoms with Crippen molar-refractivity contribution in [3.63, 3.8) is 0 Å². The van der Waals surface area contributed by atoms with Gasteiger partial charge in [0.2, 0.25) is 5.95 Å². The van der Waals surface area contributed by atoms with E-state index in [1.807, 2.05) is 24.3 Å². The summed E-state index contributed by atoms with van der Waals surface area (Å²) in [7, 11) is 0. The lowest BCUT2D eigenvalue weighted by atomic mass is 9.63. The number of amidine groups is 1. The Morgan fingerprint density at radius 2 is 1.72 bits per heavy atom. The molecule has 1 heterocycles. The molecule has 0 bridgehead atoms. The largest absolute Gasteiger partial charge is 0.386 e. The van der Waals surface area contributed by atoms with Gasteiger partial charge in [0.1, 0.15) is 11.7 Å². The standard InChI is InChI=1S/C22H20FN5O/c23-18-4-1-3-15(11-18)19(29)28-20(24)22(9-2-10-22)17-7-5-14(6-8-17)16-12-26-21(25)27-13-16/h1,3-8,11-13H,2,9-10H2,(H2,24,28,29)(H2,25,26,27). The van der Waals surface area contributed by atoms with Gasteiger partial charge in [0.15, 0.2) is 0 Å². The molecule has 6 nitrogen and oxygen atoms in total. The Balaban J connectivity index is 1.61. The summed E-state index contributed by atoms with van der Waals surface area (Å²) in [6.07, 6.45) is 5.96. The summed E-state index contributed by atoms with van der Waals surface area (Å²) < 4.78 is 13.4. The molecule has 4 rings (SSSR count). The van der Waals surface area contributed by atoms with E-state index in [0.29, 0.717) is 0 Å². The highest BCUT2D eigenvalue weighted by Gasteiger charge is 2.42. The molecule has 1 aliphatic rings. The maximum atomic E-state index is 13.4. The number of halogens is 1. The molecule has 1 aliphatic carbocycles. The predicted octanol–water partition coefficient (Wildman–Crippen LogP) is 3.48. The Morgan fingerprint density at radius 3 is 2.31 bits per heavy atom. The molecular formula is C22H20FN5O. The average Bonchev–Trinajstić information content (AvgIpc) is 2.68. The number of hydrogen-bond donors (Lipinski definition) is 2. The first-order chi connectivity index (χ1) is 14.0. The van der Waals surface area contributed by atoms with Crippen molar-refractivity contribution in [3.8, 4) is 11.1 Å². The number of nitrogen functional groups attached to an aromatic ring is 1. The number of aliphatic imine (C=N–C) groups is 1. The van der Waals surface area contributed by atoms with Crippen LogP contribution in [0.15, 0.2) is 65.9 Å². The second-order valence-electron chi connectivity index (χ2n) is 7.16. The van der Waals surface area contributed by atoms with Crippen molar-refractivity contribution in [3.05, 3.63) is 77.9 Å². The van der Waals surface area contributed by atoms with Gasteiger partial charge in [0.25, 0.3) is 5.91 Å². The van der Waals surface area contributed by atoms with Gasteiger partial charge in [0.05, 0.1) is 5.41 Å². The zero-order valence-corrected chi connectivity index (χ0v) is 15.7. The molecule has 0 atom stereocenters. The predicted molar refractivity (Wildman–Crippen MR) is 110 cm³/mol. The number of amides is 1. The zero-order valence-electron chi connectivity index (χ0n) is 15.7. The Hall–Kier alpha value is -3.61. The summed E-state index contributed by atoms with van der Waals surface area (Å²) in [5.41, 5.74) is 14.3. The fourth-order valence-electron chi connectivity index (χ4n) is 3.59. The molecule has 7 heteroatoms. The number of carbonyl (C=O) groups excluding carboxylic acids is 1. The summed E-state index contributed by atoms with van der Waals surface area (Å²) in [6, 6.07) is 13.4. The van der Waals surface area contributed by atoms with Gasteiger partial charge in [-0.05, 0) is 42.2 Å². The highest BCUT2D eigenvalue weighted by atomic mass is 19.1. The first-order valence-corrected chi connectivity index (χ1v) is 9.31. The van der Waals surface area contributed by atoms with Crippen molar-refractivity contribution in [1.82, 2.24) is 9.97 Å². The van der Waals surface area contributed by atoms with E-state index in [-0.39, 0.29) is 17.3 Å². The lowest BCUT2D eigenvalue weighted by molar-refractivity contribution is 0.100. The first-order valence-electron chi connectivity index (χ1n) is 9.31. The van der Waals surface area contributed by atoms with Crippen LogP contribution < -0.4 is 11.5 Å². The second kappa shape index (κ2) is 7.43. The van der Waals surface area contributed by atoms with E-state index < -0.39 is 17.1 Å². The van der Waals surface area contributed by atoms with Crippen LogP contribution in [-0.4, -0.2) is 21.7 Å². The van der Waals surface area contributed by atoms with E-state index in [4.69, 9.17) is 11.5 Å². The maximum absolute atomic E-state index is 13.4. The van der Waals surface area contributed by atoms with Crippen LogP contribution in [0.4, 0.5) is 10.3 Å². The topological polar surface area (TPSA) is 107 Å². The number of anilines is 1. The van der Waals surface area contributed by atoms with Crippen LogP contribution >= 0.6 is 0 Å². The van der Waals surface area contributed by atoms with Gasteiger partial charge >= 0.3 is 0 Å². The third-order valence-corrected chi connectivity index (χ3v) is 5.43. The van der Waals surface area contributed by atoms with Crippen LogP contribution in [0.2, 0.25) is 0 Å². The smallest absolute Gasteiger partial charge is 0.278 e. The summed E-state index contributed by atoms with van der Waals surface area (Å²) in [5.74, 6) is -0.526. The van der Waals surface area contributed by atoms with Crippen LogP contribution in [0.3, 0.4) is 0 Å². The summed E-state index contributed by atoms with van der Waals surface area (Å²) >= 11 is 0. The van der Waals surface area contributed by atoms with Crippen molar-refractivity contribution in [2.45, 2.75) is 24.7 Å². The number of hydrogen-bond acceptors (Lipinski definition) is 4. The van der Waals surface area contributed by atoms with Crippen LogP contribution in [0.25, 0.3) is 11.1 Å². The minimum atomic E-state index is -0.538. The molecule has 4 N–H and O–H groups in total. The molecular weight excluding hydrogens is 369 g/mol. The van der Waals surface area contributed by atoms with Gasteiger partial charge < -0.3 is 11.5 Å². The number of nitrogens with zero attached hydrogens (tertiary/aromatic N) is 3. The maximum Gasteiger partial charge on any atom is 0.278 e. The number of nitrogens with two attached hydrogens (primary N) is 2. The highest BCUT2D eigenvalue weighted by molar-refractivity contribution is 6.06. The van der Waals surface area contributed by atoms with Gasteiger partial charge in [-0.15, -0.1) is 0 Å². The van der Waals surface area contributed by atoms with Crippen LogP contribution in [0.5, 0.6) is 0 Å². The van der Waals surface area contributed by atoms with Crippen LogP contribution in [0, 0.1) is 5.82 Å². The van der Waals surface area contributed by atoms with Crippen LogP contribution in [0.1, 0.15) is 35.2 Å². The molecule has 1 aromatic heterocycles. The lowest BCUT2D eigenvalue weighted by Crippen LogP contribution is -2.47. The molecule has 0 aliphatic heterocycles. The quantitative estimate of drug-likeness (QED) is 0.525. The monoisotopic (exact) mass is 389 g/mol. The van der Waals surface area contributed by atoms with Crippen molar-refractivity contribution < 1.29 is 9.18 Å². The second-order valence-corrected chi connectivity index (χ2v) is 7.16. The summed E-state index contributed by atoms with van der Waals surface area (Å²) in [5, 5.41) is 0. The molecule has 0 unspecified atom stereocenters. The summed E-state index contributed by atoms with van der Waals surface area (Å²) in [4.78, 5) is 24.6. The summed E-state index contributed by atoms with van der Waals surface area (Å²) in [6.45, 7) is 0. The molecule has 0 radical (unpaired) electrons. The normalized spacial score (nSPS) is 15.6. The van der Waals surface area contributed by atoms with E-state index in [2.05, 4.69) is 15.0 Å². The van der Waals surface area contributed by atoms with E-state index in [1.54, 1.807) is 12.4 Å². The first kappa shape index (κ1) is 18.7. The third-order valence-electron chi connectivity index (χ3n) is 5.43. The van der Waals surface area contributed by atoms with Gasteiger partial charge in [-0.2, -0.15) is 4.99 Å². The zero-order chi connectivity index (χ0) is 20.4. The van der Waals surface area contributed by atoms with Gasteiger partial charge in [0, 0.05) is 23.5 Å². The van der Waals surface area contributed by atoms with Gasteiger partial charge in [-0.1, -0.05) is 36.8 Å². The minimum absolute atomic E-state index is 0.182. The molecule has 29 heavy (non-hydrogen) atoms. The number of aromatic nitrogens is 2. The molecule has 1 fully saturated rings. The van der Waals surface area contributed by atoms with Crippen molar-refractivity contribution in [2.75, 3.05) is 5.73 Å². The molecule has 1 amide bonds. The Bertz CT molecular complexity index is 1070. The highest BCUT2D eigenvalue weighted by Crippen LogP contribution is 2.44. The fourth-order valence-corrected chi connectivity index (χ4v) is 3.59. The Morgan fingerprint density at radius 1 is 1.03 bits per heavy atom. The Kier molecular flexibility index (Phi) is 4.80. The van der Waals surface area contributed by atoms with E-state index in [9.17, 15) is 9.18 Å². The van der Waals surface area contributed by atoms with E-state index >= 15 is 0 Å². The molecule has 0 saturated heterocycles. The lowest BCUT2D eigenvalue weighted by Gasteiger charge is -2.41. The number of rotatable bonds is 4. The number of carbonyl (C=O) groups is 1. The minimum Gasteiger partial charge on any atom is -0.386 e. The van der Waals surface area contributed by atoms with Gasteiger partial charge in [-0.3, -0.25) is 4.79 Å². The molecule has 2 aromatic carbocycles. The van der Waals surface area contributed by atoms with E-state index in [1.165, 1.54) is 18.2 Å². The molecule has 0 spiro atoms. The molecule has 146 valence electrons. The fraction of sp³-hybridized carbons (Fsp3) is 0.182. The van der Waals surface area contributed by atoms with E-state index in [0.717, 1.165) is 42.0 Å². The van der Waals surface area contributed by atoms with Gasteiger partial charge in [-0.25, -0.2) is 14.4 Å². The SMILES string of the molecule is NC(=NC(=O)c1cccc(F)c1)C1(c2ccc(-c3cnc(N)nc3)cc2)CCC1. The van der Waals surface area contributed by atoms with Crippen molar-refractivity contribution in [1.29, 1.82) is 0 Å². The van der Waals surface area contributed by atoms with Crippen molar-refractivity contribution >= 4 is 17.7 Å².